The molecular formula is C24H23N5O5S. The monoisotopic (exact) mass is 493 g/mol. The number of thioether (sulfide) groups is 1. The quantitative estimate of drug-likeness (QED) is 0.556. The lowest BCUT2D eigenvalue weighted by Crippen LogP contribution is -2.30. The number of ether oxygens (including phenoxy) is 2. The largest absolute Gasteiger partial charge is 0.480 e. The van der Waals surface area contributed by atoms with Crippen LogP contribution in [0.2, 0.25) is 0 Å². The number of benzene rings is 2. The number of hydrogen-bond donors (Lipinski definition) is 1. The van der Waals surface area contributed by atoms with E-state index in [9.17, 15) is 9.59 Å². The second kappa shape index (κ2) is 9.79. The number of aryl methyl sites for hydroxylation is 1. The fourth-order valence-corrected chi connectivity index (χ4v) is 4.41. The molecule has 2 aliphatic rings. The molecule has 0 radical (unpaired) electrons. The van der Waals surface area contributed by atoms with Gasteiger partial charge in [-0.2, -0.15) is 0 Å². The standard InChI is InChI=1S/C24H23N5O5S/c1-14-27-28-22(32-14)15-3-5-17(6-4-15)33-18-11-16(21(30)26-24-25-8-10-35-24)12-19(13-18)34-20-7-9-29(2)23(20)31/h3-6,11-13,20H,7-10H2,1-2H3,(H,25,26,30)/t20-/m0/s1. The molecule has 11 heteroatoms. The van der Waals surface area contributed by atoms with Crippen molar-refractivity contribution in [2.75, 3.05) is 25.9 Å². The predicted octanol–water partition coefficient (Wildman–Crippen LogP) is 3.28. The summed E-state index contributed by atoms with van der Waals surface area (Å²) in [6.07, 6.45) is -0.0236. The number of nitrogens with one attached hydrogen (secondary N) is 1. The van der Waals surface area contributed by atoms with Gasteiger partial charge < -0.3 is 24.1 Å². The molecule has 3 heterocycles. The second-order valence-corrected chi connectivity index (χ2v) is 9.17. The van der Waals surface area contributed by atoms with Gasteiger partial charge in [-0.1, -0.05) is 11.8 Å². The van der Waals surface area contributed by atoms with Crippen molar-refractivity contribution < 1.29 is 23.5 Å². The number of hydrogen-bond acceptors (Lipinski definition) is 9. The fourth-order valence-electron chi connectivity index (χ4n) is 3.69. The Morgan fingerprint density at radius 3 is 2.60 bits per heavy atom. The molecule has 1 aromatic heterocycles. The molecule has 1 fully saturated rings. The normalized spacial score (nSPS) is 17.4. The number of amidine groups is 1. The summed E-state index contributed by atoms with van der Waals surface area (Å²) in [4.78, 5) is 31.1. The first-order chi connectivity index (χ1) is 16.9. The minimum absolute atomic E-state index is 0.0918. The van der Waals surface area contributed by atoms with Crippen LogP contribution in [0.5, 0.6) is 17.2 Å². The molecule has 35 heavy (non-hydrogen) atoms. The molecule has 1 saturated heterocycles. The third kappa shape index (κ3) is 5.29. The van der Waals surface area contributed by atoms with Crippen LogP contribution in [0.25, 0.3) is 11.5 Å². The Hall–Kier alpha value is -3.86. The lowest BCUT2D eigenvalue weighted by molar-refractivity contribution is -0.132. The Morgan fingerprint density at radius 1 is 1.14 bits per heavy atom. The number of aliphatic imine (C=N–C) groups is 1. The van der Waals surface area contributed by atoms with Gasteiger partial charge in [0, 0.05) is 49.9 Å². The first-order valence-corrected chi connectivity index (χ1v) is 12.1. The Kier molecular flexibility index (Phi) is 6.41. The van der Waals surface area contributed by atoms with Crippen LogP contribution < -0.4 is 14.8 Å². The molecule has 1 atom stereocenters. The van der Waals surface area contributed by atoms with Crippen molar-refractivity contribution in [3.63, 3.8) is 0 Å². The van der Waals surface area contributed by atoms with Crippen molar-refractivity contribution in [2.24, 2.45) is 4.99 Å². The molecule has 2 aliphatic heterocycles. The highest BCUT2D eigenvalue weighted by molar-refractivity contribution is 8.14. The van der Waals surface area contributed by atoms with E-state index in [1.54, 1.807) is 61.3 Å². The van der Waals surface area contributed by atoms with Crippen molar-refractivity contribution >= 4 is 28.7 Å². The van der Waals surface area contributed by atoms with E-state index in [2.05, 4.69) is 20.5 Å². The molecule has 1 N–H and O–H groups in total. The van der Waals surface area contributed by atoms with E-state index >= 15 is 0 Å². The van der Waals surface area contributed by atoms with Crippen LogP contribution in [-0.2, 0) is 4.79 Å². The molecule has 180 valence electrons. The van der Waals surface area contributed by atoms with Crippen LogP contribution in [-0.4, -0.2) is 64.1 Å². The summed E-state index contributed by atoms with van der Waals surface area (Å²) in [5, 5.41) is 11.3. The van der Waals surface area contributed by atoms with E-state index in [4.69, 9.17) is 13.9 Å². The van der Waals surface area contributed by atoms with Crippen LogP contribution in [0.1, 0.15) is 22.7 Å². The van der Waals surface area contributed by atoms with Gasteiger partial charge in [0.05, 0.1) is 6.54 Å². The van der Waals surface area contributed by atoms with Gasteiger partial charge in [0.1, 0.15) is 17.2 Å². The molecule has 2 amide bonds. The maximum absolute atomic E-state index is 12.9. The Bertz CT molecular complexity index is 1290. The van der Waals surface area contributed by atoms with Gasteiger partial charge in [-0.05, 0) is 36.4 Å². The summed E-state index contributed by atoms with van der Waals surface area (Å²) in [5.74, 6) is 2.63. The zero-order valence-electron chi connectivity index (χ0n) is 19.2. The Morgan fingerprint density at radius 2 is 1.94 bits per heavy atom. The van der Waals surface area contributed by atoms with Crippen molar-refractivity contribution in [1.29, 1.82) is 0 Å². The zero-order valence-corrected chi connectivity index (χ0v) is 20.0. The van der Waals surface area contributed by atoms with Crippen LogP contribution in [0.15, 0.2) is 51.9 Å². The Labute approximate surface area is 205 Å². The Balaban J connectivity index is 1.38. The molecule has 5 rings (SSSR count). The van der Waals surface area contributed by atoms with E-state index < -0.39 is 6.10 Å². The maximum Gasteiger partial charge on any atom is 0.263 e. The number of amides is 2. The smallest absolute Gasteiger partial charge is 0.263 e. The molecule has 0 saturated carbocycles. The highest BCUT2D eigenvalue weighted by atomic mass is 32.2. The summed E-state index contributed by atoms with van der Waals surface area (Å²) >= 11 is 1.49. The second-order valence-electron chi connectivity index (χ2n) is 8.09. The van der Waals surface area contributed by atoms with Gasteiger partial charge in [0.25, 0.3) is 11.8 Å². The highest BCUT2D eigenvalue weighted by Crippen LogP contribution is 2.31. The molecule has 10 nitrogen and oxygen atoms in total. The van der Waals surface area contributed by atoms with Gasteiger partial charge in [-0.3, -0.25) is 14.6 Å². The molecule has 2 aromatic carbocycles. The lowest BCUT2D eigenvalue weighted by atomic mass is 10.1. The van der Waals surface area contributed by atoms with Crippen LogP contribution in [0, 0.1) is 6.92 Å². The predicted molar refractivity (Wildman–Crippen MR) is 130 cm³/mol. The molecule has 3 aromatic rings. The molecule has 0 bridgehead atoms. The van der Waals surface area contributed by atoms with Crippen LogP contribution in [0.3, 0.4) is 0 Å². The van der Waals surface area contributed by atoms with Gasteiger partial charge in [0.15, 0.2) is 11.3 Å². The van der Waals surface area contributed by atoms with Gasteiger partial charge in [-0.15, -0.1) is 10.2 Å². The number of nitrogens with zero attached hydrogens (tertiary/aromatic N) is 4. The summed E-state index contributed by atoms with van der Waals surface area (Å²) in [7, 11) is 1.74. The topological polar surface area (TPSA) is 119 Å². The first-order valence-electron chi connectivity index (χ1n) is 11.1. The van der Waals surface area contributed by atoms with E-state index in [-0.39, 0.29) is 11.8 Å². The fraction of sp³-hybridized carbons (Fsp3) is 0.292. The van der Waals surface area contributed by atoms with Gasteiger partial charge in [-0.25, -0.2) is 0 Å². The third-order valence-electron chi connectivity index (χ3n) is 5.47. The maximum atomic E-state index is 12.9. The number of rotatable bonds is 6. The number of aromatic nitrogens is 2. The third-order valence-corrected chi connectivity index (χ3v) is 6.36. The zero-order chi connectivity index (χ0) is 24.4. The first kappa shape index (κ1) is 22.9. The molecule has 0 aliphatic carbocycles. The average Bonchev–Trinajstić information content (AvgIpc) is 3.59. The summed E-state index contributed by atoms with van der Waals surface area (Å²) < 4.78 is 17.4. The summed E-state index contributed by atoms with van der Waals surface area (Å²) in [5.41, 5.74) is 1.10. The van der Waals surface area contributed by atoms with Gasteiger partial charge >= 0.3 is 0 Å². The van der Waals surface area contributed by atoms with E-state index in [1.165, 1.54) is 11.8 Å². The van der Waals surface area contributed by atoms with E-state index in [0.717, 1.165) is 11.3 Å². The summed E-state index contributed by atoms with van der Waals surface area (Å²) in [6, 6.07) is 12.0. The van der Waals surface area contributed by atoms with Gasteiger partial charge in [0.2, 0.25) is 11.8 Å². The minimum Gasteiger partial charge on any atom is -0.480 e. The number of likely N-dealkylation sites (tertiary alicyclic amines) is 1. The van der Waals surface area contributed by atoms with Crippen molar-refractivity contribution in [3.8, 4) is 28.7 Å². The molecule has 0 spiro atoms. The van der Waals surface area contributed by atoms with E-state index in [0.29, 0.717) is 59.3 Å². The minimum atomic E-state index is -0.599. The van der Waals surface area contributed by atoms with Crippen molar-refractivity contribution in [2.45, 2.75) is 19.4 Å². The molecular weight excluding hydrogens is 470 g/mol. The van der Waals surface area contributed by atoms with Crippen molar-refractivity contribution in [3.05, 3.63) is 53.9 Å². The van der Waals surface area contributed by atoms with Crippen molar-refractivity contribution in [1.82, 2.24) is 20.4 Å². The number of likely N-dealkylation sites (N-methyl/N-ethyl adjacent to an activating group) is 1. The lowest BCUT2D eigenvalue weighted by Gasteiger charge is -2.16. The number of carbonyl (C=O) groups excluding carboxylic acids is 2. The van der Waals surface area contributed by atoms with Crippen LogP contribution >= 0.6 is 11.8 Å². The summed E-state index contributed by atoms with van der Waals surface area (Å²) in [6.45, 7) is 3.02. The average molecular weight is 494 g/mol. The number of carbonyl (C=O) groups is 2. The van der Waals surface area contributed by atoms with Crippen LogP contribution in [0.4, 0.5) is 0 Å². The highest BCUT2D eigenvalue weighted by Gasteiger charge is 2.31. The molecule has 0 unspecified atom stereocenters. The SMILES string of the molecule is Cc1nnc(-c2ccc(Oc3cc(O[C@H]4CCN(C)C4=O)cc(C(=O)NC4=NCCS4)c3)cc2)o1. The van der Waals surface area contributed by atoms with E-state index in [1.807, 2.05) is 0 Å².